The van der Waals surface area contributed by atoms with Crippen LogP contribution in [0.15, 0.2) is 133 Å². The highest BCUT2D eigenvalue weighted by Gasteiger charge is 2.29. The van der Waals surface area contributed by atoms with Crippen LogP contribution >= 0.6 is 0 Å². The van der Waals surface area contributed by atoms with E-state index in [0.717, 1.165) is 107 Å². The summed E-state index contributed by atoms with van der Waals surface area (Å²) < 4.78 is 69.3. The number of hydrogen-bond donors (Lipinski definition) is 5. The highest BCUT2D eigenvalue weighted by atomic mass is 19.4. The first-order valence-corrected chi connectivity index (χ1v) is 34.5. The molecular weight excluding hydrogens is 1230 g/mol. The molecule has 0 unspecified atom stereocenters. The maximum atomic E-state index is 13.7. The third-order valence-electron chi connectivity index (χ3n) is 17.3. The molecule has 0 saturated carbocycles. The number of piperidine rings is 2. The predicted octanol–water partition coefficient (Wildman–Crippen LogP) is 18.2. The topological polar surface area (TPSA) is 184 Å². The van der Waals surface area contributed by atoms with Crippen LogP contribution in [0.3, 0.4) is 0 Å². The molecule has 0 aliphatic carbocycles. The van der Waals surface area contributed by atoms with Crippen LogP contribution in [0.1, 0.15) is 177 Å². The smallest absolute Gasteiger partial charge is 0.389 e. The number of rotatable bonds is 31. The molecule has 6 aromatic rings. The van der Waals surface area contributed by atoms with E-state index in [-0.39, 0.29) is 61.1 Å². The molecule has 5 N–H and O–H groups in total. The summed E-state index contributed by atoms with van der Waals surface area (Å²) in [5.41, 5.74) is 4.24. The summed E-state index contributed by atoms with van der Waals surface area (Å²) in [4.78, 5) is 57.8. The van der Waals surface area contributed by atoms with E-state index < -0.39 is 18.5 Å². The summed E-state index contributed by atoms with van der Waals surface area (Å²) in [6.45, 7) is 23.0. The van der Waals surface area contributed by atoms with Gasteiger partial charge in [-0.3, -0.25) is 9.59 Å². The fourth-order valence-electron chi connectivity index (χ4n) is 11.4. The zero-order valence-electron chi connectivity index (χ0n) is 57.6. The van der Waals surface area contributed by atoms with Crippen molar-refractivity contribution in [2.45, 2.75) is 182 Å². The summed E-state index contributed by atoms with van der Waals surface area (Å²) in [5.74, 6) is 3.61. The summed E-state index contributed by atoms with van der Waals surface area (Å²) >= 11 is 0. The zero-order valence-corrected chi connectivity index (χ0v) is 57.6. The number of carbonyl (C=O) groups excluding carboxylic acids is 4. The van der Waals surface area contributed by atoms with Gasteiger partial charge in [0.05, 0.1) is 7.11 Å². The van der Waals surface area contributed by atoms with Gasteiger partial charge in [0.25, 0.3) is 11.8 Å². The number of unbranched alkanes of at least 4 members (excludes halogenated alkanes) is 2. The van der Waals surface area contributed by atoms with Crippen molar-refractivity contribution in [1.82, 2.24) is 20.4 Å². The number of benzene rings is 6. The van der Waals surface area contributed by atoms with Crippen molar-refractivity contribution in [3.05, 3.63) is 150 Å². The van der Waals surface area contributed by atoms with Gasteiger partial charge in [0, 0.05) is 91.2 Å². The minimum Gasteiger partial charge on any atom is -0.493 e. The maximum absolute atomic E-state index is 13.7. The average Bonchev–Trinajstić information content (AvgIpc) is 0.889. The number of urea groups is 2. The molecule has 0 atom stereocenters. The van der Waals surface area contributed by atoms with Gasteiger partial charge in [0.15, 0.2) is 11.5 Å². The van der Waals surface area contributed by atoms with Crippen LogP contribution in [0.4, 0.5) is 45.5 Å². The lowest BCUT2D eigenvalue weighted by molar-refractivity contribution is -0.135. The maximum Gasteiger partial charge on any atom is 0.389 e. The predicted molar refractivity (Wildman–Crippen MR) is 377 cm³/mol. The van der Waals surface area contributed by atoms with Gasteiger partial charge in [-0.15, -0.1) is 0 Å². The van der Waals surface area contributed by atoms with Gasteiger partial charge in [0.1, 0.15) is 41.0 Å². The SMILES string of the molecule is CCCCN1CCC(Oc2ccc(C(=O)N(CCCC(F)(F)F)c3ccc(Oc4ccc(NC(=O)NC(CC)CC)cc4OC)cc3)cc2)CC1.CCCCN1CCC(Oc2ccc(C(=O)Nc3ccc(Oc4ccc(NC(=O)NC(CC)CC)cc4C(C)C)cc3)cc2)CC1. The van der Waals surface area contributed by atoms with E-state index in [9.17, 15) is 32.3 Å². The molecule has 0 spiro atoms. The molecule has 520 valence electrons. The molecule has 20 heteroatoms. The van der Waals surface area contributed by atoms with E-state index >= 15 is 0 Å². The van der Waals surface area contributed by atoms with Crippen molar-refractivity contribution in [3.63, 3.8) is 0 Å². The monoisotopic (exact) mass is 1330 g/mol. The van der Waals surface area contributed by atoms with E-state index in [2.05, 4.69) is 77.9 Å². The van der Waals surface area contributed by atoms with Gasteiger partial charge in [-0.25, -0.2) is 9.59 Å². The van der Waals surface area contributed by atoms with Crippen LogP contribution in [0, 0.1) is 0 Å². The van der Waals surface area contributed by atoms with Crippen molar-refractivity contribution in [1.29, 1.82) is 0 Å². The van der Waals surface area contributed by atoms with Crippen molar-refractivity contribution in [3.8, 4) is 40.2 Å². The Bertz CT molecular complexity index is 3330. The lowest BCUT2D eigenvalue weighted by Gasteiger charge is -2.32. The summed E-state index contributed by atoms with van der Waals surface area (Å²) in [7, 11) is 1.49. The number of carbonyl (C=O) groups is 4. The van der Waals surface area contributed by atoms with Crippen LogP contribution < -0.4 is 55.2 Å². The second kappa shape index (κ2) is 38.3. The highest BCUT2D eigenvalue weighted by molar-refractivity contribution is 6.06. The fourth-order valence-corrected chi connectivity index (χ4v) is 11.4. The van der Waals surface area contributed by atoms with Crippen LogP contribution in [-0.2, 0) is 0 Å². The number of methoxy groups -OCH3 is 1. The van der Waals surface area contributed by atoms with Gasteiger partial charge in [-0.1, -0.05) is 68.2 Å². The first-order chi connectivity index (χ1) is 46.3. The van der Waals surface area contributed by atoms with Crippen LogP contribution in [0.2, 0.25) is 0 Å². The number of ether oxygens (including phenoxy) is 5. The summed E-state index contributed by atoms with van der Waals surface area (Å²) in [6.07, 6.45) is 6.92. The minimum atomic E-state index is -4.33. The molecule has 2 fully saturated rings. The molecule has 6 amide bonds. The van der Waals surface area contributed by atoms with Gasteiger partial charge >= 0.3 is 18.2 Å². The number of anilines is 4. The lowest BCUT2D eigenvalue weighted by atomic mass is 10.0. The third-order valence-corrected chi connectivity index (χ3v) is 17.3. The molecule has 2 aliphatic rings. The number of amides is 6. The number of nitrogens with zero attached hydrogens (tertiary/aromatic N) is 3. The Morgan fingerprint density at radius 2 is 0.958 bits per heavy atom. The number of halogens is 3. The van der Waals surface area contributed by atoms with Crippen molar-refractivity contribution >= 4 is 46.6 Å². The first kappa shape index (κ1) is 74.9. The van der Waals surface area contributed by atoms with E-state index in [1.807, 2.05) is 68.4 Å². The quantitative estimate of drug-likeness (QED) is 0.0279. The summed E-state index contributed by atoms with van der Waals surface area (Å²) in [6, 6.07) is 38.4. The lowest BCUT2D eigenvalue weighted by Crippen LogP contribution is -2.38. The van der Waals surface area contributed by atoms with Crippen molar-refractivity contribution < 1.29 is 56.0 Å². The third kappa shape index (κ3) is 24.3. The Balaban J connectivity index is 0.000000273. The minimum absolute atomic E-state index is 0.0711. The van der Waals surface area contributed by atoms with Crippen LogP contribution in [0.5, 0.6) is 40.2 Å². The fraction of sp³-hybridized carbons (Fsp3) is 0.474. The van der Waals surface area contributed by atoms with Gasteiger partial charge in [-0.05, 0) is 223 Å². The summed E-state index contributed by atoms with van der Waals surface area (Å²) in [5, 5.41) is 14.6. The molecule has 2 aliphatic heterocycles. The molecule has 0 bridgehead atoms. The van der Waals surface area contributed by atoms with Gasteiger partial charge in [-0.2, -0.15) is 13.2 Å². The van der Waals surface area contributed by atoms with Crippen molar-refractivity contribution in [2.24, 2.45) is 0 Å². The Kier molecular flexibility index (Phi) is 29.9. The Morgan fingerprint density at radius 1 is 0.521 bits per heavy atom. The van der Waals surface area contributed by atoms with Crippen LogP contribution in [-0.4, -0.2) is 117 Å². The average molecular weight is 1330 g/mol. The highest BCUT2D eigenvalue weighted by Crippen LogP contribution is 2.37. The Morgan fingerprint density at radius 3 is 1.42 bits per heavy atom. The number of hydrogen-bond acceptors (Lipinski definition) is 11. The second-order valence-corrected chi connectivity index (χ2v) is 24.9. The zero-order chi connectivity index (χ0) is 69.0. The number of likely N-dealkylation sites (tertiary alicyclic amines) is 2. The van der Waals surface area contributed by atoms with E-state index in [1.54, 1.807) is 78.9 Å². The largest absolute Gasteiger partial charge is 0.493 e. The standard InChI is InChI=1S/C39H51F3N4O5.C37H50N4O4/c1-5-8-23-45-25-20-34(21-26-45)50-32-15-10-28(11-16-32)37(47)46(24-9-22-39(40,41)42)31-13-17-33(18-14-31)51-35-19-12-30(27-36(35)49-4)44-38(48)43-29(6-2)7-3;1-6-9-22-41-23-20-33(21-24-41)44-31-15-10-27(11-16-31)36(42)38-29-12-17-32(18-13-29)45-35-19-14-30(25-34(35)26(4)5)40-37(43)39-28(7-2)8-3/h10-19,27,29,34H,5-9,20-26H2,1-4H3,(H2,43,44,48);10-19,25-26,28,33H,6-9,20-24H2,1-5H3,(H,38,42)(H2,39,40,43). The van der Waals surface area contributed by atoms with E-state index in [1.165, 1.54) is 44.2 Å². The molecule has 17 nitrogen and oxygen atoms in total. The Hall–Kier alpha value is -8.49. The molecule has 0 radical (unpaired) electrons. The molecule has 96 heavy (non-hydrogen) atoms. The molecular formula is C76H101F3N8O9. The molecule has 8 rings (SSSR count). The second-order valence-electron chi connectivity index (χ2n) is 24.9. The van der Waals surface area contributed by atoms with Gasteiger partial charge in [0.2, 0.25) is 0 Å². The van der Waals surface area contributed by atoms with Gasteiger partial charge < -0.3 is 65.0 Å². The molecule has 0 aromatic heterocycles. The molecule has 2 saturated heterocycles. The number of alkyl halides is 3. The first-order valence-electron chi connectivity index (χ1n) is 34.5. The van der Waals surface area contributed by atoms with Crippen LogP contribution in [0.25, 0.3) is 0 Å². The molecule has 6 aromatic carbocycles. The Labute approximate surface area is 566 Å². The van der Waals surface area contributed by atoms with E-state index in [4.69, 9.17) is 23.7 Å². The molecule has 2 heterocycles. The van der Waals surface area contributed by atoms with E-state index in [0.29, 0.717) is 56.9 Å². The van der Waals surface area contributed by atoms with Crippen molar-refractivity contribution in [2.75, 3.05) is 73.8 Å². The number of nitrogens with one attached hydrogen (secondary N) is 5. The normalized spacial score (nSPS) is 13.9.